The molecule has 2 heterocycles. The lowest BCUT2D eigenvalue weighted by atomic mass is 9.12. The molecule has 0 nitrogen and oxygen atoms in total. The van der Waals surface area contributed by atoms with Gasteiger partial charge in [-0.15, -0.1) is 0 Å². The van der Waals surface area contributed by atoms with Crippen molar-refractivity contribution < 1.29 is 127 Å². The van der Waals surface area contributed by atoms with Crippen LogP contribution in [-0.2, 0) is 57.0 Å². The molecule has 416 valence electrons. The van der Waals surface area contributed by atoms with Gasteiger partial charge in [-0.25, -0.2) is 0 Å². The molecule has 0 aliphatic heterocycles. The van der Waals surface area contributed by atoms with Gasteiger partial charge in [0, 0.05) is 12.1 Å². The van der Waals surface area contributed by atoms with Crippen molar-refractivity contribution in [3.05, 3.63) is 157 Å². The van der Waals surface area contributed by atoms with Crippen molar-refractivity contribution in [3.63, 3.8) is 0 Å². The molecular formula is C42H16BCl6F24IS2. The smallest absolute Gasteiger partial charge is 0.194 e. The third-order valence-corrected chi connectivity index (χ3v) is 18.4. The van der Waals surface area contributed by atoms with Crippen LogP contribution in [0.25, 0.3) is 0 Å². The summed E-state index contributed by atoms with van der Waals surface area (Å²) in [5.74, 6) is 0. The Morgan fingerprint density at radius 2 is 0.447 bits per heavy atom. The Kier molecular flexibility index (Phi) is 18.1. The minimum atomic E-state index is -6.13. The van der Waals surface area contributed by atoms with Crippen LogP contribution in [0.2, 0.25) is 0 Å². The molecule has 4 aromatic carbocycles. The Labute approximate surface area is 457 Å². The van der Waals surface area contributed by atoms with E-state index in [9.17, 15) is 105 Å². The van der Waals surface area contributed by atoms with Gasteiger partial charge in [0.05, 0.1) is 54.3 Å². The molecule has 0 unspecified atom stereocenters. The van der Waals surface area contributed by atoms with Gasteiger partial charge in [-0.2, -0.15) is 127 Å². The molecule has 76 heavy (non-hydrogen) atoms. The summed E-state index contributed by atoms with van der Waals surface area (Å²) in [6, 6.07) is -1.14. The second-order valence-electron chi connectivity index (χ2n) is 15.5. The van der Waals surface area contributed by atoms with Crippen LogP contribution in [0, 0.1) is 5.77 Å². The number of benzene rings is 4. The minimum absolute atomic E-state index is 0.341. The lowest BCUT2D eigenvalue weighted by Crippen LogP contribution is -3.61. The topological polar surface area (TPSA) is 0 Å². The zero-order chi connectivity index (χ0) is 58.2. The minimum Gasteiger partial charge on any atom is -0.194 e. The Morgan fingerprint density at radius 3 is 0.579 bits per heavy atom. The summed E-state index contributed by atoms with van der Waals surface area (Å²) in [5.41, 5.74) is -30.2. The maximum Gasteiger partial charge on any atom is 0.416 e. The van der Waals surface area contributed by atoms with E-state index in [0.29, 0.717) is 0 Å². The highest BCUT2D eigenvalue weighted by Crippen LogP contribution is 2.44. The van der Waals surface area contributed by atoms with E-state index in [4.69, 9.17) is 69.6 Å². The Hall–Kier alpha value is -2.87. The van der Waals surface area contributed by atoms with Gasteiger partial charge in [0.25, 0.3) is 0 Å². The first-order valence-electron chi connectivity index (χ1n) is 19.3. The number of alkyl halides is 30. The van der Waals surface area contributed by atoms with Gasteiger partial charge in [-0.3, -0.25) is 0 Å². The van der Waals surface area contributed by atoms with E-state index in [-0.39, 0.29) is 21.2 Å². The SMILES string of the molecule is ClC(Cl)(Cl)c1ccc([I+]c2ccc(C(Cl)(Cl)Cl)s2)s1.FC(F)(F)c1cc([B-](c2cc(C(F)(F)F)cc(C(F)(F)F)c2)(c2cc(C(F)(F)F)cc(C(F)(F)F)c2)c2cc(C(F)(F)F)cc(C(F)(F)F)c2)cc(C(F)(F)F)c1. The summed E-state index contributed by atoms with van der Waals surface area (Å²) < 4.78 is 341. The van der Waals surface area contributed by atoms with Crippen LogP contribution in [0.4, 0.5) is 105 Å². The van der Waals surface area contributed by atoms with Crippen LogP contribution in [0.3, 0.4) is 0 Å². The normalized spacial score (nSPS) is 14.0. The first-order chi connectivity index (χ1) is 33.9. The summed E-state index contributed by atoms with van der Waals surface area (Å²) in [6.07, 6.45) is -54.8. The molecule has 0 radical (unpaired) electrons. The quantitative estimate of drug-likeness (QED) is 0.0675. The van der Waals surface area contributed by atoms with Gasteiger partial charge in [-0.05, 0) is 36.4 Å². The van der Waals surface area contributed by atoms with Crippen LogP contribution in [-0.4, -0.2) is 6.15 Å². The molecule has 0 atom stereocenters. The van der Waals surface area contributed by atoms with E-state index in [2.05, 4.69) is 0 Å². The predicted octanol–water partition coefficient (Wildman–Crippen LogP) is 14.8. The zero-order valence-corrected chi connectivity index (χ0v) is 43.7. The van der Waals surface area contributed by atoms with Crippen LogP contribution in [0.1, 0.15) is 54.3 Å². The second-order valence-corrected chi connectivity index (χ2v) is 26.6. The van der Waals surface area contributed by atoms with Gasteiger partial charge in [0.1, 0.15) is 6.15 Å². The van der Waals surface area contributed by atoms with Crippen molar-refractivity contribution in [1.82, 2.24) is 0 Å². The van der Waals surface area contributed by atoms with Gasteiger partial charge >= 0.3 is 70.6 Å². The van der Waals surface area contributed by atoms with Gasteiger partial charge in [0.15, 0.2) is 0 Å². The van der Waals surface area contributed by atoms with Crippen molar-refractivity contribution in [1.29, 1.82) is 0 Å². The van der Waals surface area contributed by atoms with E-state index in [1.807, 2.05) is 24.3 Å². The van der Waals surface area contributed by atoms with E-state index in [1.54, 1.807) is 0 Å². The van der Waals surface area contributed by atoms with Gasteiger partial charge in [0.2, 0.25) is 13.4 Å². The van der Waals surface area contributed by atoms with E-state index < -0.39 is 202 Å². The number of rotatable bonds is 6. The van der Waals surface area contributed by atoms with Gasteiger partial charge in [-0.1, -0.05) is 141 Å². The van der Waals surface area contributed by atoms with Crippen molar-refractivity contribution in [2.24, 2.45) is 0 Å². The first kappa shape index (κ1) is 64.0. The maximum atomic E-state index is 14.2. The average molecular weight is 1390 g/mol. The van der Waals surface area contributed by atoms with Crippen LogP contribution >= 0.6 is 92.3 Å². The average Bonchev–Trinajstić information content (AvgIpc) is 3.92. The number of hydrogen-bond acceptors (Lipinski definition) is 2. The molecule has 34 heteroatoms. The Bertz CT molecular complexity index is 2570. The predicted molar refractivity (Wildman–Crippen MR) is 235 cm³/mol. The second kappa shape index (κ2) is 21.6. The van der Waals surface area contributed by atoms with Crippen LogP contribution < -0.4 is 43.1 Å². The molecular weight excluding hydrogens is 1370 g/mol. The van der Waals surface area contributed by atoms with Crippen molar-refractivity contribution >= 4 is 120 Å². The molecule has 0 bridgehead atoms. The molecule has 6 rings (SSSR count). The van der Waals surface area contributed by atoms with Crippen molar-refractivity contribution in [2.45, 2.75) is 57.0 Å². The molecule has 0 amide bonds. The fraction of sp³-hybridized carbons (Fsp3) is 0.238. The number of thiophene rings is 2. The summed E-state index contributed by atoms with van der Waals surface area (Å²) in [6.45, 7) is 0. The monoisotopic (exact) mass is 1390 g/mol. The summed E-state index contributed by atoms with van der Waals surface area (Å²) >= 11 is 37.7. The van der Waals surface area contributed by atoms with Crippen molar-refractivity contribution in [2.75, 3.05) is 0 Å². The van der Waals surface area contributed by atoms with E-state index in [1.165, 1.54) is 28.4 Å². The molecule has 6 aromatic rings. The lowest BCUT2D eigenvalue weighted by Gasteiger charge is -2.46. The molecule has 0 aliphatic carbocycles. The summed E-state index contributed by atoms with van der Waals surface area (Å²) in [4.78, 5) is 1.45. The van der Waals surface area contributed by atoms with Crippen molar-refractivity contribution in [3.8, 4) is 0 Å². The lowest BCUT2D eigenvalue weighted by molar-refractivity contribution is -0.585. The number of halogens is 31. The van der Waals surface area contributed by atoms with Crippen LogP contribution in [0.15, 0.2) is 97.1 Å². The number of hydrogen-bond donors (Lipinski definition) is 0. The summed E-state index contributed by atoms with van der Waals surface area (Å²) in [7, 11) is 0. The van der Waals surface area contributed by atoms with E-state index >= 15 is 0 Å². The first-order valence-corrected chi connectivity index (χ1v) is 25.3. The molecule has 2 aromatic heterocycles. The third-order valence-electron chi connectivity index (χ3n) is 10.3. The Balaban J connectivity index is 0.000000468. The Morgan fingerprint density at radius 1 is 0.276 bits per heavy atom. The maximum absolute atomic E-state index is 14.2. The third kappa shape index (κ3) is 15.3. The molecule has 0 fully saturated rings. The van der Waals surface area contributed by atoms with E-state index in [0.717, 1.165) is 9.75 Å². The highest BCUT2D eigenvalue weighted by Gasteiger charge is 2.47. The fourth-order valence-corrected chi connectivity index (χ4v) is 14.3. The summed E-state index contributed by atoms with van der Waals surface area (Å²) in [5, 5.41) is 0. The zero-order valence-electron chi connectivity index (χ0n) is 35.3. The standard InChI is InChI=1S/C32H12BF24.C10H4Cl6IS2/c34-25(35,36)13-1-14(26(37,38)39)6-21(5-13)33(22-7-15(27(40,41)42)2-16(8-22)28(43,44)45,23-9-17(29(46,47)48)3-18(10-23)30(49,50)51)24-11-19(31(52,53)54)4-20(12-24)32(55,56)57;11-9(12,13)5-1-3-7(18-5)17-8-4-2-6(19-8)10(14,15)16/h1-12H;1-4H/q-1;+1. The van der Waals surface area contributed by atoms with Crippen LogP contribution in [0.5, 0.6) is 0 Å². The highest BCUT2D eigenvalue weighted by atomic mass is 127. The molecule has 0 saturated carbocycles. The fourth-order valence-electron chi connectivity index (χ4n) is 7.20. The molecule has 0 aliphatic rings. The molecule has 0 saturated heterocycles. The van der Waals surface area contributed by atoms with Gasteiger partial charge < -0.3 is 0 Å². The molecule has 0 spiro atoms. The molecule has 0 N–H and O–H groups in total. The highest BCUT2D eigenvalue weighted by molar-refractivity contribution is 7.20. The largest absolute Gasteiger partial charge is 0.416 e.